The highest BCUT2D eigenvalue weighted by Crippen LogP contribution is 2.28. The van der Waals surface area contributed by atoms with Crippen molar-refractivity contribution in [2.45, 2.75) is 38.2 Å². The molecule has 0 spiro atoms. The van der Waals surface area contributed by atoms with Gasteiger partial charge >= 0.3 is 29.8 Å². The van der Waals surface area contributed by atoms with Crippen LogP contribution in [-0.4, -0.2) is 115 Å². The number of benzene rings is 3. The molecule has 272 valence electrons. The lowest BCUT2D eigenvalue weighted by Gasteiger charge is -2.45. The van der Waals surface area contributed by atoms with E-state index in [-0.39, 0.29) is 71.9 Å². The number of methoxy groups -OCH3 is 1. The predicted octanol–water partition coefficient (Wildman–Crippen LogP) is 2.91. The molecule has 51 heavy (non-hydrogen) atoms. The van der Waals surface area contributed by atoms with Gasteiger partial charge in [0.15, 0.2) is 0 Å². The second-order valence-corrected chi connectivity index (χ2v) is 12.4. The summed E-state index contributed by atoms with van der Waals surface area (Å²) >= 11 is 0. The number of aliphatic carboxylic acids is 1. The van der Waals surface area contributed by atoms with Crippen LogP contribution in [0.1, 0.15) is 29.5 Å². The standard InChI is InChI=1S/C38H45N3O10/c1-48-34(44)23-41(24-37(47)51-27-32-15-9-4-10-16-32)38(18-17-33(42)43)28-39(21-35(45)49-25-30-11-5-2-6-12-30)19-20-40(29-38)22-36(46)50-26-31-13-7-3-8-14-31/h2-16H,17-29H2,1H3,(H,42,43). The first-order valence-electron chi connectivity index (χ1n) is 16.7. The fraction of sp³-hybridized carbons (Fsp3) is 0.395. The van der Waals surface area contributed by atoms with Gasteiger partial charge in [0.05, 0.1) is 33.3 Å². The van der Waals surface area contributed by atoms with E-state index < -0.39 is 35.4 Å². The number of hydrogen-bond acceptors (Lipinski definition) is 12. The van der Waals surface area contributed by atoms with Crippen LogP contribution in [0.25, 0.3) is 0 Å². The average molecular weight is 704 g/mol. The zero-order valence-electron chi connectivity index (χ0n) is 28.8. The third-order valence-corrected chi connectivity index (χ3v) is 8.54. The lowest BCUT2D eigenvalue weighted by atomic mass is 9.89. The molecule has 3 aromatic rings. The smallest absolute Gasteiger partial charge is 0.320 e. The monoisotopic (exact) mass is 703 g/mol. The molecule has 0 bridgehead atoms. The molecule has 1 aliphatic rings. The zero-order valence-corrected chi connectivity index (χ0v) is 28.8. The fourth-order valence-corrected chi connectivity index (χ4v) is 5.93. The molecule has 0 radical (unpaired) electrons. The van der Waals surface area contributed by atoms with Crippen LogP contribution in [0, 0.1) is 0 Å². The van der Waals surface area contributed by atoms with E-state index in [1.54, 1.807) is 14.7 Å². The van der Waals surface area contributed by atoms with Gasteiger partial charge in [-0.1, -0.05) is 91.0 Å². The molecule has 1 N–H and O–H groups in total. The van der Waals surface area contributed by atoms with Crippen molar-refractivity contribution < 1.29 is 48.0 Å². The van der Waals surface area contributed by atoms with Gasteiger partial charge in [-0.3, -0.25) is 38.7 Å². The first-order valence-corrected chi connectivity index (χ1v) is 16.7. The van der Waals surface area contributed by atoms with Crippen LogP contribution in [0.4, 0.5) is 0 Å². The summed E-state index contributed by atoms with van der Waals surface area (Å²) in [4.78, 5) is 69.6. The van der Waals surface area contributed by atoms with Crippen molar-refractivity contribution >= 4 is 29.8 Å². The van der Waals surface area contributed by atoms with Gasteiger partial charge in [-0.2, -0.15) is 0 Å². The summed E-state index contributed by atoms with van der Waals surface area (Å²) < 4.78 is 21.7. The minimum atomic E-state index is -1.24. The summed E-state index contributed by atoms with van der Waals surface area (Å²) in [7, 11) is 1.22. The van der Waals surface area contributed by atoms with Crippen LogP contribution in [-0.2, 0) is 62.7 Å². The summed E-state index contributed by atoms with van der Waals surface area (Å²) in [5.74, 6) is -3.42. The van der Waals surface area contributed by atoms with Gasteiger partial charge in [0, 0.05) is 38.1 Å². The van der Waals surface area contributed by atoms with Gasteiger partial charge in [-0.25, -0.2) is 0 Å². The van der Waals surface area contributed by atoms with E-state index in [9.17, 15) is 29.1 Å². The summed E-state index contributed by atoms with van der Waals surface area (Å²) in [6.45, 7) is -0.216. The number of nitrogens with zero attached hydrogens (tertiary/aromatic N) is 3. The maximum atomic E-state index is 13.4. The third-order valence-electron chi connectivity index (χ3n) is 8.54. The first kappa shape index (κ1) is 38.7. The van der Waals surface area contributed by atoms with E-state index in [4.69, 9.17) is 18.9 Å². The molecule has 13 nitrogen and oxygen atoms in total. The Labute approximate surface area is 297 Å². The SMILES string of the molecule is COC(=O)CN(CC(=O)OCc1ccccc1)C1(CCC(=O)O)CN(CC(=O)OCc2ccccc2)CCN(CC(=O)OCc2ccccc2)C1. The molecule has 4 rings (SSSR count). The molecule has 0 saturated carbocycles. The molecular formula is C38H45N3O10. The number of carboxylic acid groups (broad SMARTS) is 1. The van der Waals surface area contributed by atoms with Crippen molar-refractivity contribution in [1.29, 1.82) is 0 Å². The number of carbonyl (C=O) groups is 5. The second-order valence-electron chi connectivity index (χ2n) is 12.4. The Morgan fingerprint density at radius 3 is 1.41 bits per heavy atom. The third kappa shape index (κ3) is 13.3. The Bertz CT molecular complexity index is 1510. The zero-order chi connectivity index (χ0) is 36.5. The van der Waals surface area contributed by atoms with E-state index in [0.717, 1.165) is 16.7 Å². The molecule has 1 fully saturated rings. The number of rotatable bonds is 18. The van der Waals surface area contributed by atoms with Gasteiger partial charge < -0.3 is 24.1 Å². The van der Waals surface area contributed by atoms with Gasteiger partial charge in [0.2, 0.25) is 0 Å². The van der Waals surface area contributed by atoms with Crippen molar-refractivity contribution in [3.8, 4) is 0 Å². The average Bonchev–Trinajstić information content (AvgIpc) is 3.31. The molecule has 3 aromatic carbocycles. The molecule has 0 amide bonds. The molecule has 0 atom stereocenters. The Balaban J connectivity index is 1.60. The molecular weight excluding hydrogens is 658 g/mol. The highest BCUT2D eigenvalue weighted by Gasteiger charge is 2.44. The topological polar surface area (TPSA) is 152 Å². The molecule has 0 unspecified atom stereocenters. The van der Waals surface area contributed by atoms with Crippen LogP contribution in [0.2, 0.25) is 0 Å². The number of ether oxygens (including phenoxy) is 4. The molecule has 1 aliphatic heterocycles. The first-order chi connectivity index (χ1) is 24.6. The Hall–Kier alpha value is -5.11. The van der Waals surface area contributed by atoms with E-state index in [1.165, 1.54) is 7.11 Å². The van der Waals surface area contributed by atoms with Gasteiger partial charge in [-0.05, 0) is 23.1 Å². The highest BCUT2D eigenvalue weighted by atomic mass is 16.5. The summed E-state index contributed by atoms with van der Waals surface area (Å²) in [5.41, 5.74) is 1.15. The number of carbonyl (C=O) groups excluding carboxylic acids is 4. The summed E-state index contributed by atoms with van der Waals surface area (Å²) in [6, 6.07) is 27.5. The quantitative estimate of drug-likeness (QED) is 0.153. The minimum Gasteiger partial charge on any atom is -0.481 e. The lowest BCUT2D eigenvalue weighted by Crippen LogP contribution is -2.62. The van der Waals surface area contributed by atoms with E-state index in [2.05, 4.69) is 0 Å². The minimum absolute atomic E-state index is 0.00732. The normalized spacial score (nSPS) is 14.6. The number of carboxylic acids is 1. The van der Waals surface area contributed by atoms with Crippen molar-refractivity contribution in [2.24, 2.45) is 0 Å². The Morgan fingerprint density at radius 1 is 0.627 bits per heavy atom. The van der Waals surface area contributed by atoms with Crippen molar-refractivity contribution in [2.75, 3.05) is 59.5 Å². The van der Waals surface area contributed by atoms with Gasteiger partial charge in [-0.15, -0.1) is 0 Å². The maximum absolute atomic E-state index is 13.4. The number of esters is 4. The van der Waals surface area contributed by atoms with Crippen molar-refractivity contribution in [3.63, 3.8) is 0 Å². The van der Waals surface area contributed by atoms with E-state index in [1.807, 2.05) is 91.0 Å². The Morgan fingerprint density at radius 2 is 1.02 bits per heavy atom. The fourth-order valence-electron chi connectivity index (χ4n) is 5.93. The van der Waals surface area contributed by atoms with Gasteiger partial charge in [0.1, 0.15) is 19.8 Å². The van der Waals surface area contributed by atoms with Crippen LogP contribution >= 0.6 is 0 Å². The van der Waals surface area contributed by atoms with Crippen LogP contribution in [0.3, 0.4) is 0 Å². The maximum Gasteiger partial charge on any atom is 0.320 e. The van der Waals surface area contributed by atoms with E-state index in [0.29, 0.717) is 13.1 Å². The van der Waals surface area contributed by atoms with Crippen LogP contribution in [0.5, 0.6) is 0 Å². The van der Waals surface area contributed by atoms with Crippen LogP contribution < -0.4 is 0 Å². The van der Waals surface area contributed by atoms with Crippen molar-refractivity contribution in [3.05, 3.63) is 108 Å². The molecule has 0 aromatic heterocycles. The van der Waals surface area contributed by atoms with E-state index >= 15 is 0 Å². The highest BCUT2D eigenvalue weighted by molar-refractivity contribution is 5.76. The second kappa shape index (κ2) is 19.9. The molecule has 1 saturated heterocycles. The predicted molar refractivity (Wildman–Crippen MR) is 185 cm³/mol. The molecule has 1 heterocycles. The molecule has 0 aliphatic carbocycles. The number of hydrogen-bond donors (Lipinski definition) is 1. The molecule has 13 heteroatoms. The van der Waals surface area contributed by atoms with Gasteiger partial charge in [0.25, 0.3) is 0 Å². The van der Waals surface area contributed by atoms with Crippen LogP contribution in [0.15, 0.2) is 91.0 Å². The summed E-state index contributed by atoms with van der Waals surface area (Å²) in [5, 5.41) is 9.83. The Kier molecular flexibility index (Phi) is 15.1. The van der Waals surface area contributed by atoms with Crippen molar-refractivity contribution in [1.82, 2.24) is 14.7 Å². The lowest BCUT2D eigenvalue weighted by molar-refractivity contribution is -0.155. The summed E-state index contributed by atoms with van der Waals surface area (Å²) in [6.07, 6.45) is -0.355. The largest absolute Gasteiger partial charge is 0.481 e.